The van der Waals surface area contributed by atoms with Crippen molar-refractivity contribution in [2.45, 2.75) is 39.5 Å². The summed E-state index contributed by atoms with van der Waals surface area (Å²) in [7, 11) is 12.1. The normalized spacial score (nSPS) is 13.3. The number of hydrogen-bond acceptors (Lipinski definition) is 3. The van der Waals surface area contributed by atoms with Gasteiger partial charge in [0.15, 0.2) is 0 Å². The Hall–Kier alpha value is -1.10. The van der Waals surface area contributed by atoms with Gasteiger partial charge in [0.1, 0.15) is 0 Å². The van der Waals surface area contributed by atoms with Gasteiger partial charge < -0.3 is 14.8 Å². The molecule has 0 saturated heterocycles. The predicted molar refractivity (Wildman–Crippen MR) is 83.4 cm³/mol. The minimum Gasteiger partial charge on any atom is -0.550 e. The van der Waals surface area contributed by atoms with Crippen molar-refractivity contribution in [3.8, 4) is 0 Å². The highest BCUT2D eigenvalue weighted by Gasteiger charge is 2.18. The van der Waals surface area contributed by atoms with Crippen LogP contribution in [0.1, 0.15) is 39.5 Å². The van der Waals surface area contributed by atoms with Gasteiger partial charge in [0.25, 0.3) is 5.96 Å². The number of rotatable bonds is 5. The SMILES string of the molecule is CCCCC(CC)C(=O)[O-].CN=C(N(C)C)[N+](C)(C)C. The van der Waals surface area contributed by atoms with E-state index in [1.165, 1.54) is 0 Å². The van der Waals surface area contributed by atoms with Crippen molar-refractivity contribution in [3.05, 3.63) is 0 Å². The van der Waals surface area contributed by atoms with Crippen molar-refractivity contribution < 1.29 is 14.4 Å². The Morgan fingerprint density at radius 2 is 1.75 bits per heavy atom. The lowest BCUT2D eigenvalue weighted by Crippen LogP contribution is -2.48. The number of unbranched alkanes of at least 4 members (excludes halogenated alkanes) is 1. The number of aliphatic carboxylic acids is 1. The van der Waals surface area contributed by atoms with E-state index in [-0.39, 0.29) is 5.92 Å². The van der Waals surface area contributed by atoms with Crippen molar-refractivity contribution in [2.24, 2.45) is 10.9 Å². The third-order valence-corrected chi connectivity index (χ3v) is 2.93. The molecule has 0 rings (SSSR count). The molecular formula is C15H33N3O2. The first kappa shape index (κ1) is 21.2. The van der Waals surface area contributed by atoms with E-state index in [0.717, 1.165) is 29.7 Å². The number of quaternary nitrogens is 1. The van der Waals surface area contributed by atoms with Gasteiger partial charge in [-0.25, -0.2) is 4.99 Å². The zero-order chi connectivity index (χ0) is 16.3. The zero-order valence-electron chi connectivity index (χ0n) is 14.6. The summed E-state index contributed by atoms with van der Waals surface area (Å²) < 4.78 is 0.767. The largest absolute Gasteiger partial charge is 0.550 e. The van der Waals surface area contributed by atoms with Gasteiger partial charge in [0, 0.05) is 27.1 Å². The van der Waals surface area contributed by atoms with Crippen LogP contribution in [0, 0.1) is 5.92 Å². The van der Waals surface area contributed by atoms with E-state index < -0.39 is 5.97 Å². The Labute approximate surface area is 124 Å². The first-order valence-corrected chi connectivity index (χ1v) is 7.28. The number of carboxylic acids is 1. The van der Waals surface area contributed by atoms with E-state index in [0.29, 0.717) is 6.42 Å². The molecule has 0 aliphatic heterocycles. The molecule has 0 bridgehead atoms. The molecule has 5 heteroatoms. The smallest absolute Gasteiger partial charge is 0.298 e. The van der Waals surface area contributed by atoms with Gasteiger partial charge >= 0.3 is 0 Å². The Morgan fingerprint density at radius 3 is 1.90 bits per heavy atom. The van der Waals surface area contributed by atoms with Crippen molar-refractivity contribution in [1.29, 1.82) is 0 Å². The molecule has 0 spiro atoms. The van der Waals surface area contributed by atoms with Crippen LogP contribution in [0.3, 0.4) is 0 Å². The van der Waals surface area contributed by atoms with Gasteiger partial charge in [-0.05, 0) is 18.8 Å². The van der Waals surface area contributed by atoms with Crippen LogP contribution in [0.5, 0.6) is 0 Å². The molecule has 0 aromatic carbocycles. The van der Waals surface area contributed by atoms with E-state index in [1.54, 1.807) is 0 Å². The van der Waals surface area contributed by atoms with E-state index >= 15 is 0 Å². The Bertz CT molecular complexity index is 294. The van der Waals surface area contributed by atoms with Crippen molar-refractivity contribution in [2.75, 3.05) is 42.3 Å². The number of aliphatic imine (C=N–C) groups is 1. The molecule has 0 N–H and O–H groups in total. The van der Waals surface area contributed by atoms with Crippen LogP contribution in [0.2, 0.25) is 0 Å². The fourth-order valence-corrected chi connectivity index (χ4v) is 2.04. The summed E-state index contributed by atoms with van der Waals surface area (Å²) in [6.07, 6.45) is 3.52. The van der Waals surface area contributed by atoms with Gasteiger partial charge in [-0.15, -0.1) is 0 Å². The molecule has 0 fully saturated rings. The number of guanidine groups is 1. The number of hydrogen-bond donors (Lipinski definition) is 0. The summed E-state index contributed by atoms with van der Waals surface area (Å²) >= 11 is 0. The van der Waals surface area contributed by atoms with E-state index in [2.05, 4.69) is 33.1 Å². The molecule has 0 aliphatic rings. The minimum atomic E-state index is -0.893. The quantitative estimate of drug-likeness (QED) is 0.434. The summed E-state index contributed by atoms with van der Waals surface area (Å²) in [5.41, 5.74) is 0. The topological polar surface area (TPSA) is 55.7 Å². The van der Waals surface area contributed by atoms with Crippen LogP contribution in [0.4, 0.5) is 0 Å². The van der Waals surface area contributed by atoms with Crippen LogP contribution in [-0.4, -0.2) is 63.6 Å². The lowest BCUT2D eigenvalue weighted by atomic mass is 10.00. The molecule has 1 unspecified atom stereocenters. The highest BCUT2D eigenvalue weighted by atomic mass is 16.4. The van der Waals surface area contributed by atoms with Crippen molar-refractivity contribution in [1.82, 2.24) is 4.90 Å². The molecule has 120 valence electrons. The zero-order valence-corrected chi connectivity index (χ0v) is 14.6. The van der Waals surface area contributed by atoms with E-state index in [4.69, 9.17) is 0 Å². The molecule has 1 atom stereocenters. The molecule has 0 aromatic rings. The van der Waals surface area contributed by atoms with E-state index in [9.17, 15) is 9.90 Å². The molecule has 0 radical (unpaired) electrons. The second kappa shape index (κ2) is 10.7. The van der Waals surface area contributed by atoms with Gasteiger partial charge in [-0.1, -0.05) is 26.7 Å². The minimum absolute atomic E-state index is 0.222. The summed E-state index contributed by atoms with van der Waals surface area (Å²) in [5, 5.41) is 10.3. The number of carbonyl (C=O) groups excluding carboxylic acids is 1. The number of carbonyl (C=O) groups is 1. The summed E-state index contributed by atoms with van der Waals surface area (Å²) in [6, 6.07) is 0. The highest BCUT2D eigenvalue weighted by Crippen LogP contribution is 2.10. The monoisotopic (exact) mass is 287 g/mol. The van der Waals surface area contributed by atoms with Crippen molar-refractivity contribution >= 4 is 11.9 Å². The van der Waals surface area contributed by atoms with E-state index in [1.807, 2.05) is 33.0 Å². The second-order valence-electron chi connectivity index (χ2n) is 6.00. The average Bonchev–Trinajstić information content (AvgIpc) is 2.28. The Morgan fingerprint density at radius 1 is 1.25 bits per heavy atom. The van der Waals surface area contributed by atoms with Gasteiger partial charge in [-0.2, -0.15) is 0 Å². The van der Waals surface area contributed by atoms with Crippen LogP contribution >= 0.6 is 0 Å². The molecule has 0 aromatic heterocycles. The number of carboxylic acid groups (broad SMARTS) is 1. The fourth-order valence-electron chi connectivity index (χ4n) is 2.04. The van der Waals surface area contributed by atoms with Gasteiger partial charge in [0.05, 0.1) is 21.1 Å². The first-order valence-electron chi connectivity index (χ1n) is 7.28. The average molecular weight is 287 g/mol. The molecular weight excluding hydrogens is 254 g/mol. The molecule has 0 heterocycles. The molecule has 0 aliphatic carbocycles. The third kappa shape index (κ3) is 9.78. The number of nitrogens with zero attached hydrogens (tertiary/aromatic N) is 3. The predicted octanol–water partition coefficient (Wildman–Crippen LogP) is 1.19. The Kier molecular flexibility index (Phi) is 11.3. The van der Waals surface area contributed by atoms with Crippen molar-refractivity contribution in [3.63, 3.8) is 0 Å². The summed E-state index contributed by atoms with van der Waals surface area (Å²) in [5.74, 6) is -0.0455. The molecule has 5 nitrogen and oxygen atoms in total. The highest BCUT2D eigenvalue weighted by molar-refractivity contribution is 5.72. The molecule has 0 amide bonds. The first-order chi connectivity index (χ1) is 9.11. The fraction of sp³-hybridized carbons (Fsp3) is 0.867. The maximum absolute atomic E-state index is 10.3. The standard InChI is InChI=1S/C8H16O2.C7H18N3/c1-3-5-6-7(4-2)8(9)10;1-8-7(9(2)3)10(4,5)6/h7H,3-6H2,1-2H3,(H,9,10);1-6H3/q;+1/p-1. The molecule has 20 heavy (non-hydrogen) atoms. The third-order valence-electron chi connectivity index (χ3n) is 2.93. The summed E-state index contributed by atoms with van der Waals surface area (Å²) in [6.45, 7) is 3.94. The summed E-state index contributed by atoms with van der Waals surface area (Å²) in [4.78, 5) is 16.5. The lowest BCUT2D eigenvalue weighted by Gasteiger charge is -2.28. The van der Waals surface area contributed by atoms with Crippen LogP contribution in [0.25, 0.3) is 0 Å². The maximum atomic E-state index is 10.3. The van der Waals surface area contributed by atoms with Crippen LogP contribution in [0.15, 0.2) is 4.99 Å². The van der Waals surface area contributed by atoms with Crippen LogP contribution in [-0.2, 0) is 4.79 Å². The van der Waals surface area contributed by atoms with Gasteiger partial charge in [-0.3, -0.25) is 4.48 Å². The maximum Gasteiger partial charge on any atom is 0.298 e. The lowest BCUT2D eigenvalue weighted by molar-refractivity contribution is -0.782. The second-order valence-corrected chi connectivity index (χ2v) is 6.00. The Balaban J connectivity index is 0. The molecule has 0 saturated carbocycles. The van der Waals surface area contributed by atoms with Gasteiger partial charge in [0.2, 0.25) is 0 Å². The van der Waals surface area contributed by atoms with Crippen LogP contribution < -0.4 is 5.11 Å².